The molecule has 18 heteroatoms. The molecule has 60 heavy (non-hydrogen) atoms. The summed E-state index contributed by atoms with van der Waals surface area (Å²) >= 11 is 0. The number of ether oxygens (including phenoxy) is 1. The number of nitrogens with zero attached hydrogens (tertiary/aromatic N) is 5. The van der Waals surface area contributed by atoms with Crippen LogP contribution in [0.5, 0.6) is 0 Å². The van der Waals surface area contributed by atoms with Crippen LogP contribution in [0, 0.1) is 17.6 Å². The van der Waals surface area contributed by atoms with Crippen LogP contribution in [-0.2, 0) is 23.9 Å². The number of carbonyl (C=O) groups is 4. The summed E-state index contributed by atoms with van der Waals surface area (Å²) in [5, 5.41) is 11.6. The number of hydrogen-bond donors (Lipinski definition) is 4. The van der Waals surface area contributed by atoms with Crippen LogP contribution in [-0.4, -0.2) is 115 Å². The van der Waals surface area contributed by atoms with Gasteiger partial charge in [0.05, 0.1) is 31.1 Å². The molecule has 0 bridgehead atoms. The monoisotopic (exact) mass is 835 g/mol. The van der Waals surface area contributed by atoms with Crippen molar-refractivity contribution in [1.82, 2.24) is 25.5 Å². The van der Waals surface area contributed by atoms with E-state index in [1.807, 2.05) is 0 Å². The highest BCUT2D eigenvalue weighted by molar-refractivity contribution is 6.01. The first-order valence-corrected chi connectivity index (χ1v) is 20.7. The van der Waals surface area contributed by atoms with Gasteiger partial charge in [-0.15, -0.1) is 0 Å². The molecule has 1 aromatic heterocycles. The molecule has 1 aliphatic carbocycles. The molecule has 4 N–H and O–H groups in total. The van der Waals surface area contributed by atoms with Crippen molar-refractivity contribution in [3.8, 4) is 11.3 Å². The predicted octanol–water partition coefficient (Wildman–Crippen LogP) is 4.47. The van der Waals surface area contributed by atoms with E-state index in [2.05, 4.69) is 31.2 Å². The largest absolute Gasteiger partial charge is 0.374 e. The predicted molar refractivity (Wildman–Crippen MR) is 214 cm³/mol. The van der Waals surface area contributed by atoms with Crippen molar-refractivity contribution in [2.45, 2.75) is 87.9 Å². The molecule has 2 atom stereocenters. The summed E-state index contributed by atoms with van der Waals surface area (Å²) in [7, 11) is 0. The Morgan fingerprint density at radius 1 is 0.867 bits per heavy atom. The molecule has 4 amide bonds. The highest BCUT2D eigenvalue weighted by atomic mass is 19.3. The maximum absolute atomic E-state index is 15.7. The van der Waals surface area contributed by atoms with E-state index in [0.717, 1.165) is 6.20 Å². The summed E-state index contributed by atoms with van der Waals surface area (Å²) in [6, 6.07) is 9.34. The molecule has 0 spiro atoms. The van der Waals surface area contributed by atoms with Gasteiger partial charge in [-0.25, -0.2) is 27.5 Å². The van der Waals surface area contributed by atoms with Gasteiger partial charge in [0.1, 0.15) is 24.2 Å². The fourth-order valence-corrected chi connectivity index (χ4v) is 9.08. The van der Waals surface area contributed by atoms with Gasteiger partial charge in [-0.05, 0) is 81.7 Å². The molecule has 3 aromatic rings. The quantitative estimate of drug-likeness (QED) is 0.169. The number of benzene rings is 2. The Bertz CT molecular complexity index is 2100. The van der Waals surface area contributed by atoms with Gasteiger partial charge in [0.25, 0.3) is 11.8 Å². The minimum Gasteiger partial charge on any atom is -0.374 e. The molecule has 320 valence electrons. The summed E-state index contributed by atoms with van der Waals surface area (Å²) in [5.74, 6) is -5.33. The first-order valence-electron chi connectivity index (χ1n) is 20.7. The molecule has 0 radical (unpaired) electrons. The zero-order valence-electron chi connectivity index (χ0n) is 33.1. The van der Waals surface area contributed by atoms with Crippen LogP contribution in [0.1, 0.15) is 57.8 Å². The topological polar surface area (TPSA) is 161 Å². The molecule has 14 nitrogen and oxygen atoms in total. The lowest BCUT2D eigenvalue weighted by Gasteiger charge is -2.46. The van der Waals surface area contributed by atoms with Crippen molar-refractivity contribution >= 4 is 46.6 Å². The van der Waals surface area contributed by atoms with E-state index in [-0.39, 0.29) is 85.5 Å². The highest BCUT2D eigenvalue weighted by Gasteiger charge is 2.48. The van der Waals surface area contributed by atoms with Gasteiger partial charge in [0.15, 0.2) is 5.82 Å². The Kier molecular flexibility index (Phi) is 12.2. The number of alkyl halides is 2. The number of piperidine rings is 3. The van der Waals surface area contributed by atoms with Gasteiger partial charge in [0.2, 0.25) is 23.7 Å². The SMILES string of the molecule is O=C1CCC(Nc2ccc(N3CCC(N4CCC(NC(=O)C5CCC(Nc6ncc(F)c(-c7cccc(N8CCOCC8=O)c7)n6)CC5)CC4)C(F)(F)C3)c(F)c2)C(=O)N1. The van der Waals surface area contributed by atoms with Crippen LogP contribution in [0.25, 0.3) is 11.3 Å². The second kappa shape index (κ2) is 17.7. The van der Waals surface area contributed by atoms with Crippen molar-refractivity contribution in [2.75, 3.05) is 66.4 Å². The minimum atomic E-state index is -3.10. The summed E-state index contributed by atoms with van der Waals surface area (Å²) in [6.07, 6.45) is 5.44. The first kappa shape index (κ1) is 41.4. The third kappa shape index (κ3) is 9.33. The summed E-state index contributed by atoms with van der Waals surface area (Å²) in [5.41, 5.74) is 1.65. The number of carbonyl (C=O) groups excluding carboxylic acids is 4. The number of aromatic nitrogens is 2. The molecule has 4 aliphatic heterocycles. The van der Waals surface area contributed by atoms with Crippen LogP contribution in [0.4, 0.5) is 40.6 Å². The van der Waals surface area contributed by atoms with E-state index in [0.29, 0.717) is 81.7 Å². The summed E-state index contributed by atoms with van der Waals surface area (Å²) in [4.78, 5) is 62.6. The van der Waals surface area contributed by atoms with Crippen molar-refractivity contribution in [3.05, 3.63) is 60.3 Å². The van der Waals surface area contributed by atoms with E-state index in [1.54, 1.807) is 40.1 Å². The van der Waals surface area contributed by atoms with Gasteiger partial charge >= 0.3 is 0 Å². The normalized spacial score (nSPS) is 25.4. The van der Waals surface area contributed by atoms with E-state index in [9.17, 15) is 23.6 Å². The Balaban J connectivity index is 0.779. The van der Waals surface area contributed by atoms with E-state index < -0.39 is 42.1 Å². The van der Waals surface area contributed by atoms with Crippen molar-refractivity contribution in [1.29, 1.82) is 0 Å². The van der Waals surface area contributed by atoms with Crippen LogP contribution < -0.4 is 31.1 Å². The number of anilines is 4. The van der Waals surface area contributed by atoms with Gasteiger partial charge < -0.3 is 30.5 Å². The lowest BCUT2D eigenvalue weighted by molar-refractivity contribution is -0.133. The summed E-state index contributed by atoms with van der Waals surface area (Å²) < 4.78 is 66.8. The number of nitrogens with one attached hydrogen (secondary N) is 4. The second-order valence-corrected chi connectivity index (χ2v) is 16.4. The zero-order valence-corrected chi connectivity index (χ0v) is 33.1. The van der Waals surface area contributed by atoms with Crippen LogP contribution in [0.2, 0.25) is 0 Å². The number of imide groups is 1. The third-order valence-electron chi connectivity index (χ3n) is 12.3. The van der Waals surface area contributed by atoms with Crippen LogP contribution >= 0.6 is 0 Å². The Morgan fingerprint density at radius 3 is 2.40 bits per heavy atom. The van der Waals surface area contributed by atoms with Crippen LogP contribution in [0.15, 0.2) is 48.7 Å². The standard InChI is InChI=1S/C42H49F4N9O5/c43-31-21-29(48-33-9-11-36(56)51-40(33)59)8-10-34(31)54-17-14-35(42(45,46)24-54)53-15-12-28(13-16-53)49-39(58)25-4-6-27(7-5-25)50-41-47-22-32(44)38(52-41)26-2-1-3-30(20-26)55-18-19-60-23-37(55)57/h1-3,8,10,20-22,25,27-28,33,35,48H,4-7,9,11-19,23-24H2,(H,49,58)(H,47,50,52)(H,51,56,59). The Morgan fingerprint density at radius 2 is 1.67 bits per heavy atom. The molecular formula is C42H49F4N9O5. The fourth-order valence-electron chi connectivity index (χ4n) is 9.08. The number of amides is 4. The van der Waals surface area contributed by atoms with Gasteiger partial charge in [-0.2, -0.15) is 0 Å². The average Bonchev–Trinajstić information content (AvgIpc) is 3.23. The lowest BCUT2D eigenvalue weighted by atomic mass is 9.85. The second-order valence-electron chi connectivity index (χ2n) is 16.4. The highest BCUT2D eigenvalue weighted by Crippen LogP contribution is 2.37. The number of halogens is 4. The maximum atomic E-state index is 15.7. The molecule has 5 heterocycles. The molecule has 4 saturated heterocycles. The number of likely N-dealkylation sites (tertiary alicyclic amines) is 1. The van der Waals surface area contributed by atoms with Crippen molar-refractivity contribution < 1.29 is 41.5 Å². The van der Waals surface area contributed by atoms with Gasteiger partial charge in [-0.1, -0.05) is 12.1 Å². The number of hydrogen-bond acceptors (Lipinski definition) is 11. The van der Waals surface area contributed by atoms with E-state index >= 15 is 13.2 Å². The van der Waals surface area contributed by atoms with Crippen molar-refractivity contribution in [2.24, 2.45) is 5.92 Å². The molecule has 2 aromatic carbocycles. The Hall–Kier alpha value is -5.36. The van der Waals surface area contributed by atoms with Crippen molar-refractivity contribution in [3.63, 3.8) is 0 Å². The number of rotatable bonds is 10. The average molecular weight is 836 g/mol. The molecule has 8 rings (SSSR count). The fraction of sp³-hybridized carbons (Fsp3) is 0.524. The smallest absolute Gasteiger partial charge is 0.280 e. The maximum Gasteiger partial charge on any atom is 0.280 e. The van der Waals surface area contributed by atoms with E-state index in [4.69, 9.17) is 4.74 Å². The van der Waals surface area contributed by atoms with Gasteiger partial charge in [-0.3, -0.25) is 29.4 Å². The lowest BCUT2D eigenvalue weighted by Crippen LogP contribution is -2.61. The molecule has 2 unspecified atom stereocenters. The van der Waals surface area contributed by atoms with E-state index in [1.165, 1.54) is 17.0 Å². The summed E-state index contributed by atoms with van der Waals surface area (Å²) in [6.45, 7) is 1.25. The molecule has 5 aliphatic rings. The van der Waals surface area contributed by atoms with Crippen LogP contribution in [0.3, 0.4) is 0 Å². The Labute approximate surface area is 344 Å². The minimum absolute atomic E-state index is 0.00371. The molecule has 5 fully saturated rings. The first-order chi connectivity index (χ1) is 28.9. The van der Waals surface area contributed by atoms with Gasteiger partial charge in [0, 0.05) is 67.5 Å². The number of morpholine rings is 1. The molecule has 1 saturated carbocycles. The molecular weight excluding hydrogens is 787 g/mol. The zero-order chi connectivity index (χ0) is 42.0. The third-order valence-corrected chi connectivity index (χ3v) is 12.3.